The van der Waals surface area contributed by atoms with Crippen LogP contribution in [0.1, 0.15) is 12.5 Å². The van der Waals surface area contributed by atoms with Crippen molar-refractivity contribution in [2.24, 2.45) is 0 Å². The third-order valence-electron chi connectivity index (χ3n) is 15.4. The molecule has 11 aromatic rings. The Bertz CT molecular complexity index is 7210. The maximum Gasteiger partial charge on any atom is 0.422 e. The Morgan fingerprint density at radius 1 is 0.434 bits per heavy atom. The van der Waals surface area contributed by atoms with Crippen molar-refractivity contribution < 1.29 is 205 Å². The number of halogens is 13. The third-order valence-corrected chi connectivity index (χ3v) is 25.8. The SMILES string of the molecule is CC(=O)Nc1ccc(S(=O)(=O)NO)cc1.CS(=O)(=O)NO.O=S(=O)(NO)c1cc(OCC(F)(F)F)ccc1OCC(F)(F)F.O=S(=O)(NO)c1ccc(-n2cccn2)cc1.O=S(=O)(NO)c1ccc(Oc2ccccc2Cl)cc1.O=S(=O)(NO)c1ccc2c(c1)OCCO2.O=S(=O)(NO)c1cccc(C(F)(F)F)c1.O=S(=O)(NO)c1ccco1.O=[N+]([O-])c1ccc(Oc2c(Cl)cc(S(=O)(=O)NO)cc2Cl)c(Cl)c1. The summed E-state index contributed by atoms with van der Waals surface area (Å²) in [5.41, 5.74) is -0.111. The predicted octanol–water partition coefficient (Wildman–Crippen LogP) is 10.3. The quantitative estimate of drug-likeness (QED) is 0.0123. The number of non-ortho nitro benzene ring substituents is 1. The van der Waals surface area contributed by atoms with E-state index in [1.807, 2.05) is 0 Å². The molecule has 72 heteroatoms. The number of ether oxygens (including phenoxy) is 6. The van der Waals surface area contributed by atoms with E-state index in [-0.39, 0.29) is 67.7 Å². The number of furan rings is 1. The lowest BCUT2D eigenvalue weighted by Gasteiger charge is -2.18. The minimum absolute atomic E-state index is 0.00842. The van der Waals surface area contributed by atoms with Crippen LogP contribution in [0.2, 0.25) is 20.1 Å². The number of alkyl halides is 9. The van der Waals surface area contributed by atoms with Gasteiger partial charge in [0.15, 0.2) is 30.5 Å². The van der Waals surface area contributed by atoms with Crippen LogP contribution < -0.4 is 77.7 Å². The van der Waals surface area contributed by atoms with Gasteiger partial charge in [0.05, 0.1) is 78.2 Å². The second-order valence-electron chi connectivity index (χ2n) is 25.6. The molecule has 50 nitrogen and oxygen atoms in total. The minimum Gasteiger partial charge on any atom is -0.486 e. The highest BCUT2D eigenvalue weighted by Gasteiger charge is 2.34. The zero-order valence-electron chi connectivity index (χ0n) is 70.6. The fraction of sp³-hybridized carbons (Fsp3) is 0.127. The summed E-state index contributed by atoms with van der Waals surface area (Å²) in [6.45, 7) is -1.42. The number of carbonyl (C=O) groups is 1. The average Bonchev–Trinajstić information content (AvgIpc) is 1.65. The second-order valence-corrected chi connectivity index (χ2v) is 42.2. The number of anilines is 1. The Hall–Kier alpha value is -11.5. The molecule has 2 aromatic heterocycles. The standard InChI is InChI=1S/C12H7Cl3N2O6S.C12H10ClNO4S.C10H9F6NO5S.C9H9N3O3S.C8H10N2O4S.C8H9NO5S.C7H6F3NO3S.C4H5NO4S.CH5NO3S/c13-8-3-6(17(19)20)1-2-11(8)23-12-9(14)4-7(5-10(12)15)24(21,22)16-18;13-11-3-1-2-4-12(11)18-9-5-7-10(8-6-9)19(16,17)14-15;11-9(12,13)4-21-6-1-2-7(22-5-10(14,15)16)8(3-6)23(19,20)17-18;13-11-16(14,15)9-4-2-8(3-5-9)12-7-1-6-10-12;1-6(11)9-7-2-4-8(5-3-7)15(13,14)10-12;10-9-15(11,12)6-1-2-7-8(5-6)14-4-3-13-7;8-7(9,10)5-2-1-3-6(4-5)15(13,14)11-12;6-5-10(7,8)4-2-1-3-9-4;1-6(4,5)2-3/h1-5,16,18H;1-8,14-15H;1-3,17-18H,4-5H2;1-7,11,13H;2-5,10,12H,1H3,(H,9,11);1-2,5,9-10H,3-4H2;1-4,11-12H;1-3,5-6H;2-3H,1H3. The first kappa shape index (κ1) is 124. The van der Waals surface area contributed by atoms with E-state index in [0.717, 1.165) is 84.9 Å². The first-order chi connectivity index (χ1) is 66.2. The lowest BCUT2D eigenvalue weighted by molar-refractivity contribution is -0.384. The fourth-order valence-corrected chi connectivity index (χ4v) is 15.2. The first-order valence-corrected chi connectivity index (χ1v) is 51.6. The van der Waals surface area contributed by atoms with Gasteiger partial charge >= 0.3 is 18.5 Å². The lowest BCUT2D eigenvalue weighted by atomic mass is 10.2. The Balaban J connectivity index is 0.000000341. The van der Waals surface area contributed by atoms with Gasteiger partial charge in [0.1, 0.15) is 46.9 Å². The molecule has 1 aliphatic heterocycles. The van der Waals surface area contributed by atoms with Crippen LogP contribution >= 0.6 is 46.4 Å². The molecule has 0 fully saturated rings. The Labute approximate surface area is 821 Å². The van der Waals surface area contributed by atoms with Crippen LogP contribution in [0.25, 0.3) is 5.69 Å². The summed E-state index contributed by atoms with van der Waals surface area (Å²) in [7, 11) is -35.7. The van der Waals surface area contributed by atoms with Crippen molar-refractivity contribution in [2.75, 3.05) is 38.0 Å². The molecular weight excluding hydrogens is 2230 g/mol. The molecule has 0 atom stereocenters. The number of nitrogens with one attached hydrogen (secondary N) is 10. The highest BCUT2D eigenvalue weighted by Crippen LogP contribution is 2.42. The normalized spacial score (nSPS) is 12.2. The van der Waals surface area contributed by atoms with Crippen molar-refractivity contribution >= 4 is 154 Å². The van der Waals surface area contributed by atoms with Crippen molar-refractivity contribution in [3.63, 3.8) is 0 Å². The first-order valence-electron chi connectivity index (χ1n) is 36.4. The summed E-state index contributed by atoms with van der Waals surface area (Å²) in [6.07, 6.45) is -8.69. The predicted molar refractivity (Wildman–Crippen MR) is 471 cm³/mol. The van der Waals surface area contributed by atoms with Crippen molar-refractivity contribution in [2.45, 2.75) is 64.8 Å². The van der Waals surface area contributed by atoms with E-state index < -0.39 is 154 Å². The van der Waals surface area contributed by atoms with Crippen LogP contribution in [0.4, 0.5) is 50.9 Å². The molecule has 12 rings (SSSR count). The van der Waals surface area contributed by atoms with Crippen molar-refractivity contribution in [3.05, 3.63) is 261 Å². The van der Waals surface area contributed by atoms with E-state index in [0.29, 0.717) is 65.1 Å². The van der Waals surface area contributed by atoms with Crippen LogP contribution in [0, 0.1) is 10.1 Å². The Morgan fingerprint density at radius 3 is 1.31 bits per heavy atom. The summed E-state index contributed by atoms with van der Waals surface area (Å²) < 4.78 is 343. The van der Waals surface area contributed by atoms with Crippen LogP contribution in [-0.4, -0.2) is 188 Å². The van der Waals surface area contributed by atoms with Gasteiger partial charge in [-0.1, -0.05) is 109 Å². The number of nitro groups is 1. The Morgan fingerprint density at radius 2 is 0.874 bits per heavy atom. The number of nitro benzene ring substituents is 1. The summed E-state index contributed by atoms with van der Waals surface area (Å²) in [4.78, 5) is 28.5. The number of benzene rings is 9. The van der Waals surface area contributed by atoms with E-state index >= 15 is 0 Å². The molecule has 786 valence electrons. The zero-order valence-corrected chi connectivity index (χ0v) is 80.9. The van der Waals surface area contributed by atoms with Crippen LogP contribution in [-0.2, 0) is 101 Å². The number of aromatic nitrogens is 2. The molecule has 0 spiro atoms. The molecule has 143 heavy (non-hydrogen) atoms. The number of nitrogens with zero attached hydrogens (tertiary/aromatic N) is 3. The smallest absolute Gasteiger partial charge is 0.422 e. The van der Waals surface area contributed by atoms with Crippen LogP contribution in [0.5, 0.6) is 46.0 Å². The average molecular weight is 2300 g/mol. The molecule has 0 saturated carbocycles. The third kappa shape index (κ3) is 41.3. The van der Waals surface area contributed by atoms with Crippen molar-refractivity contribution in [3.8, 4) is 51.7 Å². The van der Waals surface area contributed by atoms with Gasteiger partial charge in [0.25, 0.3) is 85.9 Å². The number of para-hydroxylation sites is 1. The fourth-order valence-electron chi connectivity index (χ4n) is 9.14. The van der Waals surface area contributed by atoms with E-state index in [4.69, 9.17) is 112 Å². The van der Waals surface area contributed by atoms with Crippen molar-refractivity contribution in [1.29, 1.82) is 0 Å². The van der Waals surface area contributed by atoms with Crippen molar-refractivity contribution in [1.82, 2.24) is 53.7 Å². The highest BCUT2D eigenvalue weighted by atomic mass is 35.5. The summed E-state index contributed by atoms with van der Waals surface area (Å²) in [5.74, 6) is 0.0123. The molecule has 3 heterocycles. The van der Waals surface area contributed by atoms with Gasteiger partial charge in [0, 0.05) is 49.3 Å². The zero-order chi connectivity index (χ0) is 108. The molecular formula is C71H70Cl4F9N13O37S9. The summed E-state index contributed by atoms with van der Waals surface area (Å²) >= 11 is 23.7. The van der Waals surface area contributed by atoms with E-state index in [1.165, 1.54) is 130 Å². The topological polar surface area (TPSA) is 756 Å². The van der Waals surface area contributed by atoms with E-state index in [1.54, 1.807) is 59.5 Å². The van der Waals surface area contributed by atoms with E-state index in [9.17, 15) is 130 Å². The number of amides is 1. The number of carbonyl (C=O) groups excluding carboxylic acids is 1. The van der Waals surface area contributed by atoms with Crippen LogP contribution in [0.15, 0.2) is 269 Å². The van der Waals surface area contributed by atoms with E-state index in [2.05, 4.69) is 24.3 Å². The maximum absolute atomic E-state index is 12.2. The van der Waals surface area contributed by atoms with Gasteiger partial charge < -0.3 is 85.0 Å². The maximum atomic E-state index is 12.2. The number of hydrogen-bond donors (Lipinski definition) is 19. The van der Waals surface area contributed by atoms with Gasteiger partial charge in [-0.05, 0) is 164 Å². The molecule has 0 aliphatic carbocycles. The summed E-state index contributed by atoms with van der Waals surface area (Å²) in [5, 5.41) is 91.6. The molecule has 1 amide bonds. The lowest BCUT2D eigenvalue weighted by Crippen LogP contribution is -2.24. The van der Waals surface area contributed by atoms with Gasteiger partial charge in [0.2, 0.25) is 21.0 Å². The molecule has 9 aromatic carbocycles. The van der Waals surface area contributed by atoms with Crippen LogP contribution in [0.3, 0.4) is 0 Å². The number of sulfonamides is 9. The Kier molecular flexibility index (Phi) is 47.1. The molecule has 0 bridgehead atoms. The van der Waals surface area contributed by atoms with Gasteiger partial charge in [-0.15, -0.1) is 0 Å². The molecule has 0 unspecified atom stereocenters. The number of fused-ring (bicyclic) bond motifs is 1. The molecule has 0 radical (unpaired) electrons. The van der Waals surface area contributed by atoms with Gasteiger partial charge in [-0.3, -0.25) is 14.9 Å². The molecule has 0 saturated heterocycles. The van der Waals surface area contributed by atoms with Gasteiger partial charge in [-0.25, -0.2) is 80.4 Å². The molecule has 1 aliphatic rings. The minimum atomic E-state index is -4.78. The van der Waals surface area contributed by atoms with Gasteiger partial charge in [-0.2, -0.15) is 44.6 Å². The molecule has 19 N–H and O–H groups in total. The monoisotopic (exact) mass is 2300 g/mol. The summed E-state index contributed by atoms with van der Waals surface area (Å²) in [6, 6.07) is 42.8. The largest absolute Gasteiger partial charge is 0.486 e. The highest BCUT2D eigenvalue weighted by molar-refractivity contribution is 7.91. The number of rotatable bonds is 28. The number of hydrogen-bond acceptors (Lipinski definition) is 38. The second kappa shape index (κ2) is 54.4.